The van der Waals surface area contributed by atoms with E-state index in [9.17, 15) is 18.0 Å². The molecule has 0 aliphatic carbocycles. The second-order valence-electron chi connectivity index (χ2n) is 2.98. The molecule has 15 heavy (non-hydrogen) atoms. The van der Waals surface area contributed by atoms with Crippen LogP contribution < -0.4 is 5.56 Å². The monoisotopic (exact) mass is 221 g/mol. The fourth-order valence-corrected chi connectivity index (χ4v) is 1.09. The van der Waals surface area contributed by atoms with Crippen LogP contribution in [-0.2, 0) is 11.3 Å². The Morgan fingerprint density at radius 3 is 2.73 bits per heavy atom. The third-order valence-electron chi connectivity index (χ3n) is 1.81. The van der Waals surface area contributed by atoms with E-state index in [4.69, 9.17) is 0 Å². The highest BCUT2D eigenvalue weighted by atomic mass is 19.4. The van der Waals surface area contributed by atoms with Gasteiger partial charge in [-0.05, 0) is 13.0 Å². The molecule has 0 bridgehead atoms. The molecule has 3 nitrogen and oxygen atoms in total. The van der Waals surface area contributed by atoms with E-state index < -0.39 is 13.0 Å². The van der Waals surface area contributed by atoms with Crippen molar-refractivity contribution in [2.75, 3.05) is 6.61 Å². The van der Waals surface area contributed by atoms with Crippen molar-refractivity contribution in [1.82, 2.24) is 4.57 Å². The van der Waals surface area contributed by atoms with Crippen LogP contribution in [0.2, 0.25) is 0 Å². The minimum Gasteiger partial charge on any atom is -0.313 e. The maximum absolute atomic E-state index is 11.6. The molecule has 84 valence electrons. The van der Waals surface area contributed by atoms with Gasteiger partial charge in [-0.15, -0.1) is 13.2 Å². The first-order chi connectivity index (χ1) is 6.90. The molecule has 0 fully saturated rings. The SMILES string of the molecule is Cc1cccn(CCOC(F)(F)F)c1=O. The van der Waals surface area contributed by atoms with Gasteiger partial charge in [0.25, 0.3) is 5.56 Å². The lowest BCUT2D eigenvalue weighted by atomic mass is 10.3. The van der Waals surface area contributed by atoms with Gasteiger partial charge in [0.15, 0.2) is 0 Å². The third kappa shape index (κ3) is 3.75. The van der Waals surface area contributed by atoms with Gasteiger partial charge in [0.05, 0.1) is 6.61 Å². The molecule has 0 radical (unpaired) electrons. The summed E-state index contributed by atoms with van der Waals surface area (Å²) in [5.41, 5.74) is 0.188. The Balaban J connectivity index is 2.59. The molecule has 0 amide bonds. The van der Waals surface area contributed by atoms with Crippen molar-refractivity contribution in [3.05, 3.63) is 34.2 Å². The van der Waals surface area contributed by atoms with E-state index in [0.29, 0.717) is 5.56 Å². The van der Waals surface area contributed by atoms with Gasteiger partial charge in [-0.1, -0.05) is 6.07 Å². The van der Waals surface area contributed by atoms with Crippen molar-refractivity contribution in [2.45, 2.75) is 19.8 Å². The van der Waals surface area contributed by atoms with E-state index >= 15 is 0 Å². The second-order valence-corrected chi connectivity index (χ2v) is 2.98. The minimum absolute atomic E-state index is 0.111. The van der Waals surface area contributed by atoms with E-state index in [-0.39, 0.29) is 12.1 Å². The molecule has 1 rings (SSSR count). The van der Waals surface area contributed by atoms with Crippen LogP contribution in [0.5, 0.6) is 0 Å². The summed E-state index contributed by atoms with van der Waals surface area (Å²) in [6.45, 7) is 0.927. The maximum Gasteiger partial charge on any atom is 0.522 e. The normalized spacial score (nSPS) is 11.7. The highest BCUT2D eigenvalue weighted by molar-refractivity contribution is 5.07. The van der Waals surface area contributed by atoms with Gasteiger partial charge in [-0.2, -0.15) is 0 Å². The minimum atomic E-state index is -4.65. The fourth-order valence-electron chi connectivity index (χ4n) is 1.09. The number of pyridine rings is 1. The lowest BCUT2D eigenvalue weighted by molar-refractivity contribution is -0.325. The van der Waals surface area contributed by atoms with Gasteiger partial charge in [0.1, 0.15) is 0 Å². The van der Waals surface area contributed by atoms with Gasteiger partial charge in [0.2, 0.25) is 0 Å². The lowest BCUT2D eigenvalue weighted by Gasteiger charge is -2.09. The standard InChI is InChI=1S/C9H10F3NO2/c1-7-3-2-4-13(8(7)14)5-6-15-9(10,11)12/h2-4H,5-6H2,1H3. The van der Waals surface area contributed by atoms with Gasteiger partial charge >= 0.3 is 6.36 Å². The zero-order chi connectivity index (χ0) is 11.5. The largest absolute Gasteiger partial charge is 0.522 e. The van der Waals surface area contributed by atoms with E-state index in [1.165, 1.54) is 10.8 Å². The van der Waals surface area contributed by atoms with Crippen LogP contribution in [0, 0.1) is 6.92 Å². The Morgan fingerprint density at radius 2 is 2.13 bits per heavy atom. The first-order valence-corrected chi connectivity index (χ1v) is 4.27. The number of rotatable bonds is 3. The van der Waals surface area contributed by atoms with Crippen LogP contribution in [0.25, 0.3) is 0 Å². The van der Waals surface area contributed by atoms with Crippen molar-refractivity contribution in [1.29, 1.82) is 0 Å². The topological polar surface area (TPSA) is 31.2 Å². The first-order valence-electron chi connectivity index (χ1n) is 4.27. The quantitative estimate of drug-likeness (QED) is 0.777. The summed E-state index contributed by atoms with van der Waals surface area (Å²) in [6.07, 6.45) is -3.22. The Morgan fingerprint density at radius 1 is 1.47 bits per heavy atom. The van der Waals surface area contributed by atoms with Crippen LogP contribution in [-0.4, -0.2) is 17.5 Å². The van der Waals surface area contributed by atoms with Gasteiger partial charge in [0, 0.05) is 18.3 Å². The summed E-state index contributed by atoms with van der Waals surface area (Å²) in [7, 11) is 0. The smallest absolute Gasteiger partial charge is 0.313 e. The average Bonchev–Trinajstić information content (AvgIpc) is 2.10. The number of aromatic nitrogens is 1. The molecule has 0 aliphatic rings. The molecule has 0 aromatic carbocycles. The molecule has 1 aromatic heterocycles. The fraction of sp³-hybridized carbons (Fsp3) is 0.444. The molecule has 1 heterocycles. The van der Waals surface area contributed by atoms with Gasteiger partial charge in [-0.3, -0.25) is 9.53 Å². The highest BCUT2D eigenvalue weighted by Crippen LogP contribution is 2.15. The first kappa shape index (κ1) is 11.8. The van der Waals surface area contributed by atoms with Crippen molar-refractivity contribution in [3.63, 3.8) is 0 Å². The average molecular weight is 221 g/mol. The van der Waals surface area contributed by atoms with Crippen LogP contribution in [0.3, 0.4) is 0 Å². The number of nitrogens with zero attached hydrogens (tertiary/aromatic N) is 1. The number of hydrogen-bond acceptors (Lipinski definition) is 2. The molecule has 0 spiro atoms. The predicted octanol–water partition coefficient (Wildman–Crippen LogP) is 1.69. The summed E-state index contributed by atoms with van der Waals surface area (Å²) in [6, 6.07) is 3.20. The lowest BCUT2D eigenvalue weighted by Crippen LogP contribution is -2.25. The third-order valence-corrected chi connectivity index (χ3v) is 1.81. The summed E-state index contributed by atoms with van der Waals surface area (Å²) in [5, 5.41) is 0. The van der Waals surface area contributed by atoms with Crippen molar-refractivity contribution in [2.24, 2.45) is 0 Å². The summed E-state index contributed by atoms with van der Waals surface area (Å²) >= 11 is 0. The zero-order valence-electron chi connectivity index (χ0n) is 8.04. The van der Waals surface area contributed by atoms with Crippen LogP contribution in [0.4, 0.5) is 13.2 Å². The summed E-state index contributed by atoms with van der Waals surface area (Å²) in [4.78, 5) is 11.4. The Bertz CT molecular complexity index is 384. The van der Waals surface area contributed by atoms with Gasteiger partial charge < -0.3 is 4.57 Å². The van der Waals surface area contributed by atoms with Crippen molar-refractivity contribution in [3.8, 4) is 0 Å². The van der Waals surface area contributed by atoms with Crippen molar-refractivity contribution < 1.29 is 17.9 Å². The maximum atomic E-state index is 11.6. The van der Waals surface area contributed by atoms with E-state index in [0.717, 1.165) is 0 Å². The molecule has 0 saturated carbocycles. The van der Waals surface area contributed by atoms with Crippen molar-refractivity contribution >= 4 is 0 Å². The predicted molar refractivity (Wildman–Crippen MR) is 47.4 cm³/mol. The Labute approximate surface area is 84.1 Å². The second kappa shape index (κ2) is 4.48. The molecule has 0 unspecified atom stereocenters. The number of aryl methyl sites for hydroxylation is 1. The van der Waals surface area contributed by atoms with E-state index in [2.05, 4.69) is 4.74 Å². The highest BCUT2D eigenvalue weighted by Gasteiger charge is 2.28. The van der Waals surface area contributed by atoms with E-state index in [1.807, 2.05) is 0 Å². The Hall–Kier alpha value is -1.30. The number of ether oxygens (including phenoxy) is 1. The molecule has 6 heteroatoms. The van der Waals surface area contributed by atoms with E-state index in [1.54, 1.807) is 19.1 Å². The number of halogens is 3. The molecule has 0 atom stereocenters. The molecule has 0 N–H and O–H groups in total. The molecule has 0 aliphatic heterocycles. The molecular weight excluding hydrogens is 211 g/mol. The zero-order valence-corrected chi connectivity index (χ0v) is 8.04. The Kier molecular flexibility index (Phi) is 3.52. The molecular formula is C9H10F3NO2. The van der Waals surface area contributed by atoms with Crippen LogP contribution in [0.1, 0.15) is 5.56 Å². The molecule has 0 saturated heterocycles. The summed E-state index contributed by atoms with van der Waals surface area (Å²) < 4.78 is 39.6. The van der Waals surface area contributed by atoms with Crippen LogP contribution >= 0.6 is 0 Å². The van der Waals surface area contributed by atoms with Crippen LogP contribution in [0.15, 0.2) is 23.1 Å². The number of hydrogen-bond donors (Lipinski definition) is 0. The summed E-state index contributed by atoms with van der Waals surface area (Å²) in [5.74, 6) is 0. The number of alkyl halides is 3. The van der Waals surface area contributed by atoms with Gasteiger partial charge in [-0.25, -0.2) is 0 Å². The molecule has 1 aromatic rings.